The number of benzene rings is 3. The summed E-state index contributed by atoms with van der Waals surface area (Å²) >= 11 is 0. The molecule has 0 radical (unpaired) electrons. The predicted molar refractivity (Wildman–Crippen MR) is 132 cm³/mol. The summed E-state index contributed by atoms with van der Waals surface area (Å²) in [6, 6.07) is 24.6. The first kappa shape index (κ1) is 22.6. The maximum Gasteiger partial charge on any atom is 0.231 e. The lowest BCUT2D eigenvalue weighted by atomic mass is 10.0. The quantitative estimate of drug-likeness (QED) is 0.459. The second kappa shape index (κ2) is 10.8. The Morgan fingerprint density at radius 1 is 0.794 bits per heavy atom. The molecule has 0 spiro atoms. The molecule has 5 rings (SSSR count). The number of ether oxygens (including phenoxy) is 4. The first-order chi connectivity index (χ1) is 16.8. The van der Waals surface area contributed by atoms with Crippen LogP contribution in [0.1, 0.15) is 23.7 Å². The number of piperazine rings is 1. The van der Waals surface area contributed by atoms with Crippen molar-refractivity contribution in [3.05, 3.63) is 83.9 Å². The first-order valence-corrected chi connectivity index (χ1v) is 12.0. The molecule has 0 N–H and O–H groups in total. The average Bonchev–Trinajstić information content (AvgIpc) is 3.36. The van der Waals surface area contributed by atoms with Gasteiger partial charge in [-0.15, -0.1) is 0 Å². The Balaban J connectivity index is 1.22. The number of hydrogen-bond acceptors (Lipinski definition) is 6. The van der Waals surface area contributed by atoms with Crippen LogP contribution in [0, 0.1) is 0 Å². The highest BCUT2D eigenvalue weighted by Crippen LogP contribution is 2.36. The molecule has 6 nitrogen and oxygen atoms in total. The molecular weight excluding hydrogens is 428 g/mol. The lowest BCUT2D eigenvalue weighted by Crippen LogP contribution is -2.46. The van der Waals surface area contributed by atoms with Crippen molar-refractivity contribution in [1.29, 1.82) is 0 Å². The maximum atomic E-state index is 6.48. The molecule has 3 aromatic carbocycles. The van der Waals surface area contributed by atoms with Gasteiger partial charge in [0, 0.05) is 51.8 Å². The molecule has 34 heavy (non-hydrogen) atoms. The van der Waals surface area contributed by atoms with Gasteiger partial charge in [0.1, 0.15) is 17.6 Å². The maximum absolute atomic E-state index is 6.48. The Morgan fingerprint density at radius 3 is 2.38 bits per heavy atom. The van der Waals surface area contributed by atoms with E-state index in [4.69, 9.17) is 18.9 Å². The van der Waals surface area contributed by atoms with Gasteiger partial charge in [0.2, 0.25) is 6.79 Å². The van der Waals surface area contributed by atoms with Crippen LogP contribution in [0.2, 0.25) is 0 Å². The van der Waals surface area contributed by atoms with E-state index in [0.29, 0.717) is 0 Å². The standard InChI is InChI=1S/C28H32N2O4/c1-31-24-8-5-9-25(19-24)34-26(23-10-11-27-28(18-23)33-21-32-27)12-13-29-14-16-30(17-15-29)20-22-6-3-2-4-7-22/h2-11,18-19,26H,12-17,20-21H2,1H3. The van der Waals surface area contributed by atoms with Crippen LogP contribution < -0.4 is 18.9 Å². The smallest absolute Gasteiger partial charge is 0.231 e. The highest BCUT2D eigenvalue weighted by atomic mass is 16.7. The van der Waals surface area contributed by atoms with Gasteiger partial charge in [-0.1, -0.05) is 42.5 Å². The van der Waals surface area contributed by atoms with Crippen LogP contribution in [0.15, 0.2) is 72.8 Å². The summed E-state index contributed by atoms with van der Waals surface area (Å²) in [4.78, 5) is 5.07. The second-order valence-corrected chi connectivity index (χ2v) is 8.79. The summed E-state index contributed by atoms with van der Waals surface area (Å²) in [5.74, 6) is 3.16. The van der Waals surface area contributed by atoms with Crippen molar-refractivity contribution < 1.29 is 18.9 Å². The molecule has 0 bridgehead atoms. The van der Waals surface area contributed by atoms with Gasteiger partial charge in [-0.3, -0.25) is 4.90 Å². The monoisotopic (exact) mass is 460 g/mol. The summed E-state index contributed by atoms with van der Waals surface area (Å²) in [6.45, 7) is 6.57. The van der Waals surface area contributed by atoms with Crippen molar-refractivity contribution >= 4 is 0 Å². The Kier molecular flexibility index (Phi) is 7.17. The predicted octanol–water partition coefficient (Wildman–Crippen LogP) is 4.75. The molecule has 3 aromatic rings. The fraction of sp³-hybridized carbons (Fsp3) is 0.357. The van der Waals surface area contributed by atoms with E-state index >= 15 is 0 Å². The van der Waals surface area contributed by atoms with Crippen LogP contribution in [0.3, 0.4) is 0 Å². The largest absolute Gasteiger partial charge is 0.497 e. The third-order valence-corrected chi connectivity index (χ3v) is 6.51. The summed E-state index contributed by atoms with van der Waals surface area (Å²) in [6.07, 6.45) is 0.791. The minimum absolute atomic E-state index is 0.0936. The fourth-order valence-electron chi connectivity index (χ4n) is 4.56. The number of rotatable bonds is 9. The van der Waals surface area contributed by atoms with Gasteiger partial charge in [-0.25, -0.2) is 0 Å². The van der Waals surface area contributed by atoms with E-state index in [-0.39, 0.29) is 12.9 Å². The van der Waals surface area contributed by atoms with E-state index in [1.165, 1.54) is 5.56 Å². The molecule has 1 atom stereocenters. The SMILES string of the molecule is COc1cccc(OC(CCN2CCN(Cc3ccccc3)CC2)c2ccc3c(c2)OCO3)c1. The van der Waals surface area contributed by atoms with Gasteiger partial charge in [0.05, 0.1) is 7.11 Å². The average molecular weight is 461 g/mol. The minimum Gasteiger partial charge on any atom is -0.497 e. The number of hydrogen-bond donors (Lipinski definition) is 0. The second-order valence-electron chi connectivity index (χ2n) is 8.79. The topological polar surface area (TPSA) is 43.4 Å². The molecule has 2 aliphatic rings. The fourth-order valence-corrected chi connectivity index (χ4v) is 4.56. The number of methoxy groups -OCH3 is 1. The van der Waals surface area contributed by atoms with Crippen LogP contribution in [0.5, 0.6) is 23.0 Å². The Morgan fingerprint density at radius 2 is 1.56 bits per heavy atom. The highest BCUT2D eigenvalue weighted by molar-refractivity contribution is 5.45. The molecular formula is C28H32N2O4. The number of fused-ring (bicyclic) bond motifs is 1. The zero-order valence-corrected chi connectivity index (χ0v) is 19.7. The molecule has 6 heteroatoms. The highest BCUT2D eigenvalue weighted by Gasteiger charge is 2.22. The lowest BCUT2D eigenvalue weighted by molar-refractivity contribution is 0.106. The van der Waals surface area contributed by atoms with Gasteiger partial charge in [0.25, 0.3) is 0 Å². The molecule has 2 heterocycles. The molecule has 1 saturated heterocycles. The molecule has 1 fully saturated rings. The summed E-state index contributed by atoms with van der Waals surface area (Å²) < 4.78 is 23.0. The van der Waals surface area contributed by atoms with Crippen molar-refractivity contribution in [2.45, 2.75) is 19.1 Å². The van der Waals surface area contributed by atoms with E-state index in [2.05, 4.69) is 46.2 Å². The van der Waals surface area contributed by atoms with Gasteiger partial charge in [-0.05, 0) is 35.4 Å². The van der Waals surface area contributed by atoms with E-state index in [1.54, 1.807) is 7.11 Å². The Labute approximate surface area is 201 Å². The van der Waals surface area contributed by atoms with Crippen LogP contribution >= 0.6 is 0 Å². The van der Waals surface area contributed by atoms with Crippen LogP contribution in [-0.4, -0.2) is 56.4 Å². The zero-order chi connectivity index (χ0) is 23.2. The molecule has 178 valence electrons. The van der Waals surface area contributed by atoms with Gasteiger partial charge >= 0.3 is 0 Å². The van der Waals surface area contributed by atoms with Crippen molar-refractivity contribution in [3.8, 4) is 23.0 Å². The van der Waals surface area contributed by atoms with Gasteiger partial charge in [-0.2, -0.15) is 0 Å². The van der Waals surface area contributed by atoms with E-state index in [0.717, 1.165) is 74.3 Å². The zero-order valence-electron chi connectivity index (χ0n) is 19.7. The molecule has 1 unspecified atom stereocenters. The first-order valence-electron chi connectivity index (χ1n) is 12.0. The summed E-state index contributed by atoms with van der Waals surface area (Å²) in [5, 5.41) is 0. The third-order valence-electron chi connectivity index (χ3n) is 6.51. The van der Waals surface area contributed by atoms with Crippen LogP contribution in [-0.2, 0) is 6.54 Å². The van der Waals surface area contributed by atoms with Crippen molar-refractivity contribution in [3.63, 3.8) is 0 Å². The summed E-state index contributed by atoms with van der Waals surface area (Å²) in [7, 11) is 1.67. The van der Waals surface area contributed by atoms with Crippen LogP contribution in [0.25, 0.3) is 0 Å². The van der Waals surface area contributed by atoms with E-state index in [1.807, 2.05) is 36.4 Å². The number of nitrogens with zero attached hydrogens (tertiary/aromatic N) is 2. The lowest BCUT2D eigenvalue weighted by Gasteiger charge is -2.35. The van der Waals surface area contributed by atoms with Crippen molar-refractivity contribution in [2.24, 2.45) is 0 Å². The van der Waals surface area contributed by atoms with Crippen LogP contribution in [0.4, 0.5) is 0 Å². The van der Waals surface area contributed by atoms with Crippen molar-refractivity contribution in [1.82, 2.24) is 9.80 Å². The van der Waals surface area contributed by atoms with E-state index in [9.17, 15) is 0 Å². The molecule has 0 aromatic heterocycles. The van der Waals surface area contributed by atoms with Gasteiger partial charge < -0.3 is 23.8 Å². The Bertz CT molecular complexity index is 1070. The molecule has 2 aliphatic heterocycles. The minimum atomic E-state index is -0.0936. The normalized spacial score (nSPS) is 16.9. The van der Waals surface area contributed by atoms with Gasteiger partial charge in [0.15, 0.2) is 11.5 Å². The van der Waals surface area contributed by atoms with E-state index < -0.39 is 0 Å². The summed E-state index contributed by atoms with van der Waals surface area (Å²) in [5.41, 5.74) is 2.47. The molecule has 0 aliphatic carbocycles. The molecule has 0 amide bonds. The molecule has 0 saturated carbocycles. The van der Waals surface area contributed by atoms with Crippen molar-refractivity contribution in [2.75, 3.05) is 46.6 Å². The third kappa shape index (κ3) is 5.64. The Hall–Kier alpha value is -3.22.